The van der Waals surface area contributed by atoms with Crippen molar-refractivity contribution >= 4 is 56.9 Å². The quantitative estimate of drug-likeness (QED) is 0.426. The lowest BCUT2D eigenvalue weighted by Crippen LogP contribution is -2.24. The monoisotopic (exact) mass is 479 g/mol. The van der Waals surface area contributed by atoms with Gasteiger partial charge in [-0.1, -0.05) is 35.5 Å². The van der Waals surface area contributed by atoms with Gasteiger partial charge in [-0.15, -0.1) is 0 Å². The summed E-state index contributed by atoms with van der Waals surface area (Å²) >= 11 is 9.35. The molecule has 0 saturated heterocycles. The fourth-order valence-electron chi connectivity index (χ4n) is 1.87. The van der Waals surface area contributed by atoms with Crippen molar-refractivity contribution in [3.05, 3.63) is 52.0 Å². The number of carbonyl (C=O) groups excluding carboxylic acids is 2. The Morgan fingerprint density at radius 2 is 1.93 bits per heavy atom. The molecule has 144 valence electrons. The fourth-order valence-corrected chi connectivity index (χ4v) is 3.26. The Hall–Kier alpha value is -1.84. The number of benzene rings is 2. The van der Waals surface area contributed by atoms with Crippen molar-refractivity contribution in [3.8, 4) is 5.75 Å². The zero-order valence-electron chi connectivity index (χ0n) is 13.6. The normalized spacial score (nSPS) is 10.6. The summed E-state index contributed by atoms with van der Waals surface area (Å²) < 4.78 is 35.7. The number of nitrogens with one attached hydrogen (secondary N) is 1. The number of amides is 1. The molecule has 2 rings (SSSR count). The fraction of sp³-hybridized carbons (Fsp3) is 0.176. The van der Waals surface area contributed by atoms with E-state index in [1.807, 2.05) is 0 Å². The first-order chi connectivity index (χ1) is 12.8. The summed E-state index contributed by atoms with van der Waals surface area (Å²) in [5, 5.41) is 2.93. The number of ether oxygens (including phenoxy) is 2. The van der Waals surface area contributed by atoms with Gasteiger partial charge in [0.15, 0.2) is 13.2 Å². The van der Waals surface area contributed by atoms with Crippen molar-refractivity contribution in [3.63, 3.8) is 0 Å². The zero-order chi connectivity index (χ0) is 19.8. The largest absolute Gasteiger partial charge is 0.481 e. The Morgan fingerprint density at radius 1 is 1.19 bits per heavy atom. The number of alkyl halides is 2. The molecule has 0 aliphatic carbocycles. The van der Waals surface area contributed by atoms with Crippen molar-refractivity contribution in [1.29, 1.82) is 0 Å². The summed E-state index contributed by atoms with van der Waals surface area (Å²) in [7, 11) is 0. The highest BCUT2D eigenvalue weighted by Gasteiger charge is 2.14. The average molecular weight is 481 g/mol. The molecule has 0 fully saturated rings. The third kappa shape index (κ3) is 7.36. The van der Waals surface area contributed by atoms with Gasteiger partial charge in [0.25, 0.3) is 11.7 Å². The number of esters is 1. The van der Waals surface area contributed by atoms with Crippen molar-refractivity contribution in [1.82, 2.24) is 0 Å². The summed E-state index contributed by atoms with van der Waals surface area (Å²) in [5.41, 5.74) is 0.213. The van der Waals surface area contributed by atoms with Crippen LogP contribution < -0.4 is 10.1 Å². The van der Waals surface area contributed by atoms with E-state index in [1.165, 1.54) is 12.1 Å². The van der Waals surface area contributed by atoms with Crippen LogP contribution in [0.4, 0.5) is 14.5 Å². The van der Waals surface area contributed by atoms with Crippen LogP contribution in [0, 0.1) is 0 Å². The van der Waals surface area contributed by atoms with Crippen LogP contribution in [0.2, 0.25) is 5.02 Å². The van der Waals surface area contributed by atoms with Crippen LogP contribution in [0.1, 0.15) is 0 Å². The van der Waals surface area contributed by atoms with E-state index in [0.29, 0.717) is 27.0 Å². The maximum absolute atomic E-state index is 12.5. The summed E-state index contributed by atoms with van der Waals surface area (Å²) in [6, 6.07) is 10.9. The van der Waals surface area contributed by atoms with Crippen molar-refractivity contribution in [2.45, 2.75) is 10.7 Å². The van der Waals surface area contributed by atoms with Gasteiger partial charge in [-0.25, -0.2) is 4.79 Å². The molecule has 0 saturated carbocycles. The van der Waals surface area contributed by atoms with Gasteiger partial charge in [0.1, 0.15) is 5.75 Å². The Kier molecular flexibility index (Phi) is 8.33. The molecule has 10 heteroatoms. The number of carbonyl (C=O) groups is 2. The van der Waals surface area contributed by atoms with Crippen LogP contribution in [0.3, 0.4) is 0 Å². The van der Waals surface area contributed by atoms with Gasteiger partial charge in [-0.3, -0.25) is 4.79 Å². The van der Waals surface area contributed by atoms with Gasteiger partial charge < -0.3 is 14.8 Å². The van der Waals surface area contributed by atoms with Gasteiger partial charge in [0.05, 0.1) is 10.2 Å². The number of anilines is 1. The molecule has 0 aromatic heterocycles. The minimum atomic E-state index is -2.62. The average Bonchev–Trinajstić information content (AvgIpc) is 2.60. The van der Waals surface area contributed by atoms with Crippen LogP contribution in [-0.2, 0) is 14.3 Å². The van der Waals surface area contributed by atoms with Gasteiger partial charge in [-0.05, 0) is 46.3 Å². The second-order valence-corrected chi connectivity index (χ2v) is 7.27. The lowest BCUT2D eigenvalue weighted by molar-refractivity contribution is -0.149. The summed E-state index contributed by atoms with van der Waals surface area (Å²) in [6.45, 7) is -0.983. The van der Waals surface area contributed by atoms with Gasteiger partial charge in [0, 0.05) is 9.92 Å². The van der Waals surface area contributed by atoms with Crippen LogP contribution in [0.5, 0.6) is 5.75 Å². The second kappa shape index (κ2) is 10.5. The van der Waals surface area contributed by atoms with E-state index < -0.39 is 30.8 Å². The van der Waals surface area contributed by atoms with E-state index in [4.69, 9.17) is 21.1 Å². The lowest BCUT2D eigenvalue weighted by atomic mass is 10.3. The van der Waals surface area contributed by atoms with E-state index >= 15 is 0 Å². The van der Waals surface area contributed by atoms with Crippen molar-refractivity contribution < 1.29 is 27.8 Å². The Labute approximate surface area is 171 Å². The molecular weight excluding hydrogens is 468 g/mol. The molecule has 0 aliphatic rings. The Balaban J connectivity index is 1.81. The van der Waals surface area contributed by atoms with E-state index in [2.05, 4.69) is 21.2 Å². The first kappa shape index (κ1) is 21.5. The highest BCUT2D eigenvalue weighted by molar-refractivity contribution is 9.10. The first-order valence-electron chi connectivity index (χ1n) is 7.42. The topological polar surface area (TPSA) is 64.6 Å². The molecule has 5 nitrogen and oxygen atoms in total. The highest BCUT2D eigenvalue weighted by atomic mass is 79.9. The molecular formula is C17H13BrClF2NO4S. The number of halogens is 4. The Morgan fingerprint density at radius 3 is 2.63 bits per heavy atom. The summed E-state index contributed by atoms with van der Waals surface area (Å²) in [5.74, 6) is -3.65. The molecule has 0 spiro atoms. The maximum Gasteiger partial charge on any atom is 0.344 e. The van der Waals surface area contributed by atoms with Crippen LogP contribution in [-0.4, -0.2) is 30.8 Å². The smallest absolute Gasteiger partial charge is 0.344 e. The van der Waals surface area contributed by atoms with E-state index in [1.54, 1.807) is 30.3 Å². The lowest BCUT2D eigenvalue weighted by Gasteiger charge is -2.11. The summed E-state index contributed by atoms with van der Waals surface area (Å²) in [4.78, 5) is 23.8. The van der Waals surface area contributed by atoms with Gasteiger partial charge in [0.2, 0.25) is 0 Å². The number of para-hydroxylation sites is 1. The molecule has 0 aliphatic heterocycles. The van der Waals surface area contributed by atoms with Crippen molar-refractivity contribution in [2.24, 2.45) is 0 Å². The van der Waals surface area contributed by atoms with E-state index in [-0.39, 0.29) is 10.6 Å². The molecule has 0 unspecified atom stereocenters. The molecule has 1 N–H and O–H groups in total. The number of thioether (sulfide) groups is 1. The molecule has 1 amide bonds. The molecule has 0 heterocycles. The van der Waals surface area contributed by atoms with Gasteiger partial charge in [-0.2, -0.15) is 8.78 Å². The van der Waals surface area contributed by atoms with E-state index in [9.17, 15) is 18.4 Å². The first-order valence-corrected chi connectivity index (χ1v) is 9.47. The minimum absolute atomic E-state index is 0.211. The van der Waals surface area contributed by atoms with Crippen LogP contribution in [0.15, 0.2) is 51.8 Å². The maximum atomic E-state index is 12.5. The second-order valence-electron chi connectivity index (χ2n) is 4.95. The van der Waals surface area contributed by atoms with E-state index in [0.717, 1.165) is 0 Å². The highest BCUT2D eigenvalue weighted by Crippen LogP contribution is 2.31. The third-order valence-electron chi connectivity index (χ3n) is 2.98. The molecule has 2 aromatic carbocycles. The zero-order valence-corrected chi connectivity index (χ0v) is 16.7. The predicted octanol–water partition coefficient (Wildman–Crippen LogP) is 4.98. The predicted molar refractivity (Wildman–Crippen MR) is 103 cm³/mol. The van der Waals surface area contributed by atoms with Crippen LogP contribution >= 0.6 is 39.3 Å². The minimum Gasteiger partial charge on any atom is -0.481 e. The number of hydrogen-bond acceptors (Lipinski definition) is 5. The number of rotatable bonds is 8. The van der Waals surface area contributed by atoms with Gasteiger partial charge >= 0.3 is 5.97 Å². The SMILES string of the molecule is O=C(COC(=O)COc1ccc(Cl)cc1Br)Nc1ccccc1SC(F)F. The molecule has 0 atom stereocenters. The number of hydrogen-bond donors (Lipinski definition) is 1. The van der Waals surface area contributed by atoms with Crippen LogP contribution in [0.25, 0.3) is 0 Å². The molecule has 27 heavy (non-hydrogen) atoms. The standard InChI is InChI=1S/C17H13BrClF2NO4S/c18-11-7-10(19)5-6-13(11)25-9-16(24)26-8-15(23)22-12-3-1-2-4-14(12)27-17(20)21/h1-7,17H,8-9H2,(H,22,23). The molecule has 2 aromatic rings. The Bertz CT molecular complexity index is 825. The molecule has 0 radical (unpaired) electrons. The third-order valence-corrected chi connectivity index (χ3v) is 4.62. The van der Waals surface area contributed by atoms with Crippen molar-refractivity contribution in [2.75, 3.05) is 18.5 Å². The molecule has 0 bridgehead atoms. The summed E-state index contributed by atoms with van der Waals surface area (Å²) in [6.07, 6.45) is 0.